The number of aromatic nitrogens is 2. The molecule has 0 aliphatic carbocycles. The summed E-state index contributed by atoms with van der Waals surface area (Å²) < 4.78 is 1.35. The topological polar surface area (TPSA) is 101 Å². The molecule has 164 valence electrons. The monoisotopic (exact) mass is 441 g/mol. The maximum absolute atomic E-state index is 13.3. The predicted molar refractivity (Wildman–Crippen MR) is 123 cm³/mol. The van der Waals surface area contributed by atoms with Crippen LogP contribution in [0.4, 0.5) is 5.69 Å². The third-order valence-electron chi connectivity index (χ3n) is 5.43. The first kappa shape index (κ1) is 22.7. The fraction of sp³-hybridized carbons (Fsp3) is 0.391. The van der Waals surface area contributed by atoms with Gasteiger partial charge in [0.1, 0.15) is 16.7 Å². The van der Waals surface area contributed by atoms with Gasteiger partial charge in [0.2, 0.25) is 5.91 Å². The van der Waals surface area contributed by atoms with Gasteiger partial charge in [-0.3, -0.25) is 14.2 Å². The molecule has 1 atom stereocenters. The van der Waals surface area contributed by atoms with Crippen molar-refractivity contribution in [2.45, 2.75) is 59.4 Å². The molecule has 31 heavy (non-hydrogen) atoms. The minimum Gasteiger partial charge on any atom is -0.478 e. The normalized spacial score (nSPS) is 12.1. The van der Waals surface area contributed by atoms with Crippen molar-refractivity contribution in [2.24, 2.45) is 0 Å². The van der Waals surface area contributed by atoms with Gasteiger partial charge in [0.05, 0.1) is 10.9 Å². The van der Waals surface area contributed by atoms with E-state index in [9.17, 15) is 19.5 Å². The SMILES string of the molecule is CCCc1nc2scc(C(=O)O)c2c(=O)n1C(C)C(=O)Nc1c(CC)cccc1CC. The fourth-order valence-corrected chi connectivity index (χ4v) is 4.67. The molecule has 1 amide bonds. The van der Waals surface area contributed by atoms with E-state index in [1.54, 1.807) is 6.92 Å². The molecule has 1 unspecified atom stereocenters. The molecule has 7 nitrogen and oxygen atoms in total. The summed E-state index contributed by atoms with van der Waals surface area (Å²) in [6.45, 7) is 7.67. The number of benzene rings is 1. The van der Waals surface area contributed by atoms with Crippen LogP contribution in [0.2, 0.25) is 0 Å². The highest BCUT2D eigenvalue weighted by molar-refractivity contribution is 7.17. The smallest absolute Gasteiger partial charge is 0.337 e. The Bertz CT molecular complexity index is 1170. The molecular weight excluding hydrogens is 414 g/mol. The number of carbonyl (C=O) groups excluding carboxylic acids is 1. The number of carbonyl (C=O) groups is 2. The molecule has 1 aromatic carbocycles. The number of aryl methyl sites for hydroxylation is 3. The van der Waals surface area contributed by atoms with E-state index < -0.39 is 17.6 Å². The first-order valence-electron chi connectivity index (χ1n) is 10.5. The molecule has 0 radical (unpaired) electrons. The van der Waals surface area contributed by atoms with Gasteiger partial charge in [0.15, 0.2) is 0 Å². The highest BCUT2D eigenvalue weighted by atomic mass is 32.1. The van der Waals surface area contributed by atoms with Crippen LogP contribution >= 0.6 is 11.3 Å². The number of anilines is 1. The van der Waals surface area contributed by atoms with E-state index in [1.807, 2.05) is 39.0 Å². The van der Waals surface area contributed by atoms with E-state index in [0.29, 0.717) is 17.1 Å². The number of carboxylic acids is 1. The second-order valence-electron chi connectivity index (χ2n) is 7.41. The minimum absolute atomic E-state index is 0.0557. The summed E-state index contributed by atoms with van der Waals surface area (Å²) in [6.07, 6.45) is 2.78. The van der Waals surface area contributed by atoms with Crippen molar-refractivity contribution in [2.75, 3.05) is 5.32 Å². The standard InChI is InChI=1S/C23H27N3O4S/c1-5-9-17-24-21-18(16(12-31-21)23(29)30)22(28)26(17)13(4)20(27)25-19-14(6-2)10-8-11-15(19)7-3/h8,10-13H,5-7,9H2,1-4H3,(H,25,27)(H,29,30). The maximum Gasteiger partial charge on any atom is 0.337 e. The molecule has 3 rings (SSSR count). The van der Waals surface area contributed by atoms with Crippen LogP contribution in [0.3, 0.4) is 0 Å². The molecule has 2 N–H and O–H groups in total. The zero-order valence-electron chi connectivity index (χ0n) is 18.2. The van der Waals surface area contributed by atoms with Crippen LogP contribution in [-0.4, -0.2) is 26.5 Å². The second-order valence-corrected chi connectivity index (χ2v) is 8.27. The number of aromatic carboxylic acids is 1. The van der Waals surface area contributed by atoms with E-state index in [1.165, 1.54) is 9.95 Å². The van der Waals surface area contributed by atoms with Gasteiger partial charge in [-0.2, -0.15) is 0 Å². The van der Waals surface area contributed by atoms with Crippen molar-refractivity contribution in [3.63, 3.8) is 0 Å². The Labute approximate surface area is 184 Å². The molecule has 2 heterocycles. The van der Waals surface area contributed by atoms with Gasteiger partial charge in [-0.05, 0) is 37.3 Å². The van der Waals surface area contributed by atoms with Gasteiger partial charge in [0.25, 0.3) is 5.56 Å². The van der Waals surface area contributed by atoms with E-state index >= 15 is 0 Å². The van der Waals surface area contributed by atoms with Crippen LogP contribution in [-0.2, 0) is 24.1 Å². The Kier molecular flexibility index (Phi) is 6.90. The zero-order chi connectivity index (χ0) is 22.7. The Morgan fingerprint density at radius 3 is 2.39 bits per heavy atom. The van der Waals surface area contributed by atoms with E-state index in [2.05, 4.69) is 10.3 Å². The molecule has 0 bridgehead atoms. The molecular formula is C23H27N3O4S. The van der Waals surface area contributed by atoms with Gasteiger partial charge >= 0.3 is 5.97 Å². The largest absolute Gasteiger partial charge is 0.478 e. The lowest BCUT2D eigenvalue weighted by Crippen LogP contribution is -2.35. The number of hydrogen-bond acceptors (Lipinski definition) is 5. The van der Waals surface area contributed by atoms with Crippen LogP contribution in [0.15, 0.2) is 28.4 Å². The van der Waals surface area contributed by atoms with Crippen molar-refractivity contribution >= 4 is 39.1 Å². The number of amides is 1. The molecule has 0 spiro atoms. The lowest BCUT2D eigenvalue weighted by Gasteiger charge is -2.21. The van der Waals surface area contributed by atoms with Gasteiger partial charge in [-0.15, -0.1) is 11.3 Å². The molecule has 0 aliphatic heterocycles. The number of rotatable bonds is 8. The Morgan fingerprint density at radius 2 is 1.84 bits per heavy atom. The lowest BCUT2D eigenvalue weighted by molar-refractivity contribution is -0.119. The van der Waals surface area contributed by atoms with Gasteiger partial charge in [-0.25, -0.2) is 9.78 Å². The van der Waals surface area contributed by atoms with Crippen LogP contribution in [0.1, 0.15) is 67.5 Å². The summed E-state index contributed by atoms with van der Waals surface area (Å²) in [5.41, 5.74) is 2.27. The number of nitrogens with one attached hydrogen (secondary N) is 1. The number of thiophene rings is 1. The third-order valence-corrected chi connectivity index (χ3v) is 6.30. The average molecular weight is 442 g/mol. The Morgan fingerprint density at radius 1 is 1.19 bits per heavy atom. The zero-order valence-corrected chi connectivity index (χ0v) is 19.0. The first-order chi connectivity index (χ1) is 14.8. The van der Waals surface area contributed by atoms with Crippen molar-refractivity contribution in [3.8, 4) is 0 Å². The molecule has 2 aromatic heterocycles. The van der Waals surface area contributed by atoms with Gasteiger partial charge < -0.3 is 10.4 Å². The predicted octanol–water partition coefficient (Wildman–Crippen LogP) is 4.43. The van der Waals surface area contributed by atoms with Crippen molar-refractivity contribution < 1.29 is 14.7 Å². The number of hydrogen-bond donors (Lipinski definition) is 2. The first-order valence-corrected chi connectivity index (χ1v) is 11.4. The highest BCUT2D eigenvalue weighted by Crippen LogP contribution is 2.26. The quantitative estimate of drug-likeness (QED) is 0.538. The summed E-state index contributed by atoms with van der Waals surface area (Å²) >= 11 is 1.13. The summed E-state index contributed by atoms with van der Waals surface area (Å²) in [5.74, 6) is -1.02. The van der Waals surface area contributed by atoms with Crippen molar-refractivity contribution in [3.05, 3.63) is 56.4 Å². The number of nitrogens with zero attached hydrogens (tertiary/aromatic N) is 2. The number of para-hydroxylation sites is 1. The summed E-state index contributed by atoms with van der Waals surface area (Å²) in [4.78, 5) is 43.1. The second kappa shape index (κ2) is 9.43. The number of fused-ring (bicyclic) bond motifs is 1. The van der Waals surface area contributed by atoms with E-state index in [0.717, 1.165) is 47.4 Å². The maximum atomic E-state index is 13.3. The minimum atomic E-state index is -1.18. The van der Waals surface area contributed by atoms with Crippen LogP contribution < -0.4 is 10.9 Å². The van der Waals surface area contributed by atoms with Crippen LogP contribution in [0.5, 0.6) is 0 Å². The van der Waals surface area contributed by atoms with Crippen LogP contribution in [0, 0.1) is 0 Å². The fourth-order valence-electron chi connectivity index (χ4n) is 3.75. The van der Waals surface area contributed by atoms with Crippen LogP contribution in [0.25, 0.3) is 10.2 Å². The molecule has 0 saturated heterocycles. The molecule has 8 heteroatoms. The highest BCUT2D eigenvalue weighted by Gasteiger charge is 2.25. The molecule has 0 fully saturated rings. The van der Waals surface area contributed by atoms with Crippen molar-refractivity contribution in [1.29, 1.82) is 0 Å². The summed E-state index contributed by atoms with van der Waals surface area (Å²) in [7, 11) is 0. The van der Waals surface area contributed by atoms with E-state index in [4.69, 9.17) is 0 Å². The number of carboxylic acid groups (broad SMARTS) is 1. The van der Waals surface area contributed by atoms with Crippen molar-refractivity contribution in [1.82, 2.24) is 9.55 Å². The average Bonchev–Trinajstić information content (AvgIpc) is 3.18. The summed E-state index contributed by atoms with van der Waals surface area (Å²) in [6, 6.07) is 5.09. The molecule has 0 aliphatic rings. The van der Waals surface area contributed by atoms with Gasteiger partial charge in [-0.1, -0.05) is 39.0 Å². The molecule has 3 aromatic rings. The Balaban J connectivity index is 2.10. The third kappa shape index (κ3) is 4.25. The lowest BCUT2D eigenvalue weighted by atomic mass is 10.0. The summed E-state index contributed by atoms with van der Waals surface area (Å²) in [5, 5.41) is 14.0. The van der Waals surface area contributed by atoms with E-state index in [-0.39, 0.29) is 16.9 Å². The molecule has 0 saturated carbocycles. The Hall–Kier alpha value is -3.00. The van der Waals surface area contributed by atoms with Gasteiger partial charge in [0, 0.05) is 17.5 Å².